The van der Waals surface area contributed by atoms with E-state index in [1.807, 2.05) is 37.4 Å². The molecule has 0 aliphatic heterocycles. The molecule has 0 saturated heterocycles. The number of benzene rings is 1. The number of carbonyl (C=O) groups excluding carboxylic acids is 1. The Labute approximate surface area is 110 Å². The van der Waals surface area contributed by atoms with Gasteiger partial charge in [-0.1, -0.05) is 0 Å². The number of fused-ring (bicyclic) bond motifs is 1. The molecule has 96 valence electrons. The van der Waals surface area contributed by atoms with E-state index in [-0.39, 0.29) is 5.91 Å². The average Bonchev–Trinajstić information content (AvgIpc) is 2.97. The quantitative estimate of drug-likeness (QED) is 0.671. The van der Waals surface area contributed by atoms with E-state index in [0.717, 1.165) is 27.8 Å². The van der Waals surface area contributed by atoms with Crippen LogP contribution in [0.15, 0.2) is 36.7 Å². The number of hydrogen-bond donors (Lipinski definition) is 3. The number of rotatable bonds is 3. The summed E-state index contributed by atoms with van der Waals surface area (Å²) in [7, 11) is 0. The highest BCUT2D eigenvalue weighted by Gasteiger charge is 2.06. The van der Waals surface area contributed by atoms with Gasteiger partial charge in [0.15, 0.2) is 0 Å². The Morgan fingerprint density at radius 3 is 3.05 bits per heavy atom. The molecule has 19 heavy (non-hydrogen) atoms. The molecule has 0 fully saturated rings. The van der Waals surface area contributed by atoms with Crippen LogP contribution in [0.25, 0.3) is 10.9 Å². The Hall–Kier alpha value is -2.56. The van der Waals surface area contributed by atoms with Crippen molar-refractivity contribution in [2.24, 2.45) is 0 Å². The molecule has 2 heterocycles. The molecule has 2 aromatic heterocycles. The number of H-pyrrole nitrogens is 2. The maximum atomic E-state index is 11.9. The maximum Gasteiger partial charge on any atom is 0.228 e. The standard InChI is InChI=1S/C14H14N4O/c1-9-4-10(7-15-9)5-14(19)17-12-2-3-13-11(6-12)8-16-18-13/h2-4,6-8,15H,5H2,1H3,(H,16,18)(H,17,19). The predicted octanol–water partition coefficient (Wildman–Crippen LogP) is 2.38. The zero-order chi connectivity index (χ0) is 13.2. The molecular formula is C14H14N4O. The lowest BCUT2D eigenvalue weighted by Gasteiger charge is -2.04. The Morgan fingerprint density at radius 2 is 2.26 bits per heavy atom. The number of aryl methyl sites for hydroxylation is 1. The summed E-state index contributed by atoms with van der Waals surface area (Å²) in [4.78, 5) is 15.0. The molecule has 3 N–H and O–H groups in total. The fraction of sp³-hybridized carbons (Fsp3) is 0.143. The summed E-state index contributed by atoms with van der Waals surface area (Å²) >= 11 is 0. The van der Waals surface area contributed by atoms with Gasteiger partial charge in [0, 0.05) is 23.0 Å². The minimum atomic E-state index is -0.0261. The van der Waals surface area contributed by atoms with Crippen LogP contribution in [0.3, 0.4) is 0 Å². The van der Waals surface area contributed by atoms with Crippen molar-refractivity contribution in [1.82, 2.24) is 15.2 Å². The van der Waals surface area contributed by atoms with Gasteiger partial charge in [-0.25, -0.2) is 0 Å². The molecule has 0 radical (unpaired) electrons. The summed E-state index contributed by atoms with van der Waals surface area (Å²) in [6.07, 6.45) is 3.96. The third-order valence-electron chi connectivity index (χ3n) is 2.98. The number of nitrogens with one attached hydrogen (secondary N) is 3. The first-order valence-corrected chi connectivity index (χ1v) is 6.07. The van der Waals surface area contributed by atoms with E-state index in [1.165, 1.54) is 0 Å². The number of aromatic amines is 2. The topological polar surface area (TPSA) is 73.6 Å². The minimum absolute atomic E-state index is 0.0261. The van der Waals surface area contributed by atoms with Crippen LogP contribution < -0.4 is 5.32 Å². The van der Waals surface area contributed by atoms with E-state index in [4.69, 9.17) is 0 Å². The van der Waals surface area contributed by atoms with Gasteiger partial charge in [0.25, 0.3) is 0 Å². The molecule has 0 atom stereocenters. The molecule has 3 aromatic rings. The molecule has 1 amide bonds. The van der Waals surface area contributed by atoms with E-state index in [1.54, 1.807) is 6.20 Å². The fourth-order valence-corrected chi connectivity index (χ4v) is 2.08. The zero-order valence-electron chi connectivity index (χ0n) is 10.5. The van der Waals surface area contributed by atoms with Gasteiger partial charge in [0.05, 0.1) is 18.1 Å². The minimum Gasteiger partial charge on any atom is -0.365 e. The van der Waals surface area contributed by atoms with Crippen LogP contribution in [0.1, 0.15) is 11.3 Å². The number of amides is 1. The van der Waals surface area contributed by atoms with Crippen molar-refractivity contribution in [1.29, 1.82) is 0 Å². The normalized spacial score (nSPS) is 10.8. The molecule has 3 rings (SSSR count). The lowest BCUT2D eigenvalue weighted by molar-refractivity contribution is -0.115. The van der Waals surface area contributed by atoms with Crippen molar-refractivity contribution in [3.8, 4) is 0 Å². The van der Waals surface area contributed by atoms with Crippen molar-refractivity contribution >= 4 is 22.5 Å². The smallest absolute Gasteiger partial charge is 0.228 e. The van der Waals surface area contributed by atoms with Crippen molar-refractivity contribution < 1.29 is 4.79 Å². The molecule has 5 heteroatoms. The molecular weight excluding hydrogens is 240 g/mol. The van der Waals surface area contributed by atoms with Crippen LogP contribution in [0.2, 0.25) is 0 Å². The second-order valence-corrected chi connectivity index (χ2v) is 4.59. The van der Waals surface area contributed by atoms with Crippen molar-refractivity contribution in [2.75, 3.05) is 5.32 Å². The van der Waals surface area contributed by atoms with Crippen molar-refractivity contribution in [3.63, 3.8) is 0 Å². The van der Waals surface area contributed by atoms with Crippen LogP contribution in [-0.2, 0) is 11.2 Å². The molecule has 1 aromatic carbocycles. The van der Waals surface area contributed by atoms with Crippen molar-refractivity contribution in [2.45, 2.75) is 13.3 Å². The Morgan fingerprint density at radius 1 is 1.37 bits per heavy atom. The lowest BCUT2D eigenvalue weighted by Crippen LogP contribution is -2.13. The summed E-state index contributed by atoms with van der Waals surface area (Å²) in [6.45, 7) is 1.97. The van der Waals surface area contributed by atoms with Crippen molar-refractivity contribution in [3.05, 3.63) is 47.9 Å². The second kappa shape index (κ2) is 4.61. The number of hydrogen-bond acceptors (Lipinski definition) is 2. The molecule has 0 aliphatic carbocycles. The van der Waals surface area contributed by atoms with E-state index in [2.05, 4.69) is 20.5 Å². The number of anilines is 1. The summed E-state index contributed by atoms with van der Waals surface area (Å²) in [5, 5.41) is 10.7. The first-order valence-electron chi connectivity index (χ1n) is 6.07. The fourth-order valence-electron chi connectivity index (χ4n) is 2.08. The molecule has 0 spiro atoms. The van der Waals surface area contributed by atoms with Gasteiger partial charge < -0.3 is 10.3 Å². The summed E-state index contributed by atoms with van der Waals surface area (Å²) in [5.41, 5.74) is 3.78. The van der Waals surface area contributed by atoms with E-state index in [9.17, 15) is 4.79 Å². The van der Waals surface area contributed by atoms with Gasteiger partial charge in [-0.05, 0) is 36.8 Å². The Kier molecular flexibility index (Phi) is 2.79. The van der Waals surface area contributed by atoms with E-state index >= 15 is 0 Å². The predicted molar refractivity (Wildman–Crippen MR) is 74.0 cm³/mol. The molecule has 0 unspecified atom stereocenters. The summed E-state index contributed by atoms with van der Waals surface area (Å²) < 4.78 is 0. The maximum absolute atomic E-state index is 11.9. The lowest BCUT2D eigenvalue weighted by atomic mass is 10.2. The van der Waals surface area contributed by atoms with Crippen LogP contribution in [0.4, 0.5) is 5.69 Å². The highest BCUT2D eigenvalue weighted by molar-refractivity contribution is 5.94. The van der Waals surface area contributed by atoms with Crippen LogP contribution >= 0.6 is 0 Å². The Bertz CT molecular complexity index is 726. The van der Waals surface area contributed by atoms with Gasteiger partial charge in [0.1, 0.15) is 0 Å². The van der Waals surface area contributed by atoms with Gasteiger partial charge in [-0.3, -0.25) is 9.89 Å². The number of aromatic nitrogens is 3. The SMILES string of the molecule is Cc1cc(CC(=O)Nc2ccc3[nH]ncc3c2)c[nH]1. The van der Waals surface area contributed by atoms with Gasteiger partial charge in [-0.15, -0.1) is 0 Å². The first-order chi connectivity index (χ1) is 9.20. The van der Waals surface area contributed by atoms with Crippen LogP contribution in [0, 0.1) is 6.92 Å². The molecule has 5 nitrogen and oxygen atoms in total. The van der Waals surface area contributed by atoms with Gasteiger partial charge >= 0.3 is 0 Å². The number of carbonyl (C=O) groups is 1. The highest BCUT2D eigenvalue weighted by Crippen LogP contribution is 2.17. The summed E-state index contributed by atoms with van der Waals surface area (Å²) in [5.74, 6) is -0.0261. The van der Waals surface area contributed by atoms with E-state index < -0.39 is 0 Å². The largest absolute Gasteiger partial charge is 0.365 e. The van der Waals surface area contributed by atoms with E-state index in [0.29, 0.717) is 6.42 Å². The van der Waals surface area contributed by atoms with Crippen LogP contribution in [-0.4, -0.2) is 21.1 Å². The highest BCUT2D eigenvalue weighted by atomic mass is 16.1. The first kappa shape index (κ1) is 11.5. The van der Waals surface area contributed by atoms with Gasteiger partial charge in [0.2, 0.25) is 5.91 Å². The van der Waals surface area contributed by atoms with Crippen LogP contribution in [0.5, 0.6) is 0 Å². The zero-order valence-corrected chi connectivity index (χ0v) is 10.5. The molecule has 0 bridgehead atoms. The molecule has 0 saturated carbocycles. The Balaban J connectivity index is 1.71. The molecule has 0 aliphatic rings. The summed E-state index contributed by atoms with van der Waals surface area (Å²) in [6, 6.07) is 7.64. The third-order valence-corrected chi connectivity index (χ3v) is 2.98. The third kappa shape index (κ3) is 2.49. The van der Waals surface area contributed by atoms with Gasteiger partial charge in [-0.2, -0.15) is 5.10 Å². The monoisotopic (exact) mass is 254 g/mol. The second-order valence-electron chi connectivity index (χ2n) is 4.59. The number of nitrogens with zero attached hydrogens (tertiary/aromatic N) is 1. The average molecular weight is 254 g/mol.